The largest absolute Gasteiger partial charge is 0.496 e. The Morgan fingerprint density at radius 3 is 2.13 bits per heavy atom. The van der Waals surface area contributed by atoms with Gasteiger partial charge in [0.15, 0.2) is 0 Å². The monoisotopic (exact) mass is 321 g/mol. The maximum absolute atomic E-state index is 12.7. The lowest BCUT2D eigenvalue weighted by molar-refractivity contribution is -0.138. The Morgan fingerprint density at radius 1 is 1.17 bits per heavy atom. The van der Waals surface area contributed by atoms with Crippen molar-refractivity contribution in [2.45, 2.75) is 26.2 Å². The number of aliphatic carboxylic acids is 1. The van der Waals surface area contributed by atoms with Crippen molar-refractivity contribution in [2.24, 2.45) is 5.92 Å². The van der Waals surface area contributed by atoms with Crippen LogP contribution < -0.4 is 9.47 Å². The number of piperidine rings is 1. The number of rotatable bonds is 5. The number of carboxylic acid groups (broad SMARTS) is 1. The molecule has 6 nitrogen and oxygen atoms in total. The van der Waals surface area contributed by atoms with Crippen molar-refractivity contribution in [3.8, 4) is 11.5 Å². The van der Waals surface area contributed by atoms with Crippen LogP contribution in [0.3, 0.4) is 0 Å². The summed E-state index contributed by atoms with van der Waals surface area (Å²) in [5.74, 6) is 0.540. The molecule has 0 aliphatic carbocycles. The fourth-order valence-electron chi connectivity index (χ4n) is 2.98. The van der Waals surface area contributed by atoms with E-state index in [1.54, 1.807) is 31.3 Å². The van der Waals surface area contributed by atoms with Gasteiger partial charge < -0.3 is 19.5 Å². The first-order valence-corrected chi connectivity index (χ1v) is 7.70. The summed E-state index contributed by atoms with van der Waals surface area (Å²) in [6.45, 7) is 3.04. The molecular formula is C17H23NO5. The number of likely N-dealkylation sites (tertiary alicyclic amines) is 1. The minimum atomic E-state index is -0.775. The number of nitrogens with zero attached hydrogens (tertiary/aromatic N) is 1. The molecule has 0 bridgehead atoms. The fraction of sp³-hybridized carbons (Fsp3) is 0.529. The van der Waals surface area contributed by atoms with Crippen LogP contribution in [0.5, 0.6) is 11.5 Å². The zero-order chi connectivity index (χ0) is 17.0. The number of carbonyl (C=O) groups is 2. The van der Waals surface area contributed by atoms with Gasteiger partial charge in [-0.15, -0.1) is 0 Å². The molecule has 0 aromatic heterocycles. The van der Waals surface area contributed by atoms with Gasteiger partial charge in [0.25, 0.3) is 5.91 Å². The number of benzene rings is 1. The Morgan fingerprint density at radius 2 is 1.70 bits per heavy atom. The van der Waals surface area contributed by atoms with Gasteiger partial charge in [-0.25, -0.2) is 0 Å². The van der Waals surface area contributed by atoms with Gasteiger partial charge in [0.2, 0.25) is 0 Å². The molecule has 2 rings (SSSR count). The van der Waals surface area contributed by atoms with Crippen LogP contribution in [0.4, 0.5) is 0 Å². The van der Waals surface area contributed by atoms with E-state index in [1.165, 1.54) is 0 Å². The predicted octanol–water partition coefficient (Wildman–Crippen LogP) is 2.34. The molecule has 1 aromatic carbocycles. The topological polar surface area (TPSA) is 76.1 Å². The van der Waals surface area contributed by atoms with Gasteiger partial charge in [-0.05, 0) is 37.8 Å². The van der Waals surface area contributed by atoms with Crippen molar-refractivity contribution in [1.29, 1.82) is 0 Å². The molecule has 1 aromatic rings. The Labute approximate surface area is 136 Å². The lowest BCUT2D eigenvalue weighted by atomic mass is 9.93. The Hall–Kier alpha value is -2.24. The second-order valence-electron chi connectivity index (χ2n) is 5.84. The van der Waals surface area contributed by atoms with E-state index >= 15 is 0 Å². The van der Waals surface area contributed by atoms with E-state index < -0.39 is 5.97 Å². The van der Waals surface area contributed by atoms with Gasteiger partial charge in [-0.3, -0.25) is 9.59 Å². The first-order chi connectivity index (χ1) is 11.0. The maximum atomic E-state index is 12.7. The van der Waals surface area contributed by atoms with E-state index in [2.05, 4.69) is 0 Å². The summed E-state index contributed by atoms with van der Waals surface area (Å²) in [7, 11) is 3.13. The van der Waals surface area contributed by atoms with Gasteiger partial charge in [0, 0.05) is 30.6 Å². The standard InChI is InChI=1S/C17H23NO5/c1-11-14(22-2)9-13(10-15(11)23-3)17(21)18-6-4-12(5-7-18)8-16(19)20/h9-10,12H,4-8H2,1-3H3,(H,19,20). The van der Waals surface area contributed by atoms with Crippen LogP contribution in [0.15, 0.2) is 12.1 Å². The highest BCUT2D eigenvalue weighted by Gasteiger charge is 2.26. The first kappa shape index (κ1) is 17.1. The SMILES string of the molecule is COc1cc(C(=O)N2CCC(CC(=O)O)CC2)cc(OC)c1C. The third-order valence-electron chi connectivity index (χ3n) is 4.36. The van der Waals surface area contributed by atoms with E-state index in [9.17, 15) is 9.59 Å². The number of methoxy groups -OCH3 is 2. The highest BCUT2D eigenvalue weighted by molar-refractivity contribution is 5.95. The minimum Gasteiger partial charge on any atom is -0.496 e. The number of amides is 1. The van der Waals surface area contributed by atoms with Gasteiger partial charge in [-0.1, -0.05) is 0 Å². The lowest BCUT2D eigenvalue weighted by Gasteiger charge is -2.31. The van der Waals surface area contributed by atoms with E-state index in [1.807, 2.05) is 6.92 Å². The second kappa shape index (κ2) is 7.35. The average Bonchev–Trinajstić information content (AvgIpc) is 2.54. The van der Waals surface area contributed by atoms with Crippen molar-refractivity contribution in [1.82, 2.24) is 4.90 Å². The first-order valence-electron chi connectivity index (χ1n) is 7.70. The zero-order valence-corrected chi connectivity index (χ0v) is 13.8. The summed E-state index contributed by atoms with van der Waals surface area (Å²) >= 11 is 0. The molecule has 1 aliphatic rings. The normalized spacial score (nSPS) is 15.3. The number of ether oxygens (including phenoxy) is 2. The van der Waals surface area contributed by atoms with Crippen molar-refractivity contribution in [2.75, 3.05) is 27.3 Å². The van der Waals surface area contributed by atoms with Crippen molar-refractivity contribution in [3.63, 3.8) is 0 Å². The van der Waals surface area contributed by atoms with Crippen LogP contribution >= 0.6 is 0 Å². The number of carbonyl (C=O) groups excluding carboxylic acids is 1. The average molecular weight is 321 g/mol. The summed E-state index contributed by atoms with van der Waals surface area (Å²) in [4.78, 5) is 25.2. The lowest BCUT2D eigenvalue weighted by Crippen LogP contribution is -2.38. The van der Waals surface area contributed by atoms with Gasteiger partial charge in [0.05, 0.1) is 14.2 Å². The highest BCUT2D eigenvalue weighted by Crippen LogP contribution is 2.31. The predicted molar refractivity (Wildman–Crippen MR) is 85.2 cm³/mol. The molecule has 1 N–H and O–H groups in total. The van der Waals surface area contributed by atoms with Crippen molar-refractivity contribution in [3.05, 3.63) is 23.3 Å². The number of carboxylic acids is 1. The molecule has 1 fully saturated rings. The van der Waals surface area contributed by atoms with Crippen molar-refractivity contribution >= 4 is 11.9 Å². The summed E-state index contributed by atoms with van der Waals surface area (Å²) in [6.07, 6.45) is 1.62. The van der Waals surface area contributed by atoms with Crippen LogP contribution in [-0.4, -0.2) is 49.2 Å². The summed E-state index contributed by atoms with van der Waals surface area (Å²) in [5, 5.41) is 8.85. The van der Waals surface area contributed by atoms with E-state index in [0.29, 0.717) is 30.2 Å². The highest BCUT2D eigenvalue weighted by atomic mass is 16.5. The van der Waals surface area contributed by atoms with E-state index in [4.69, 9.17) is 14.6 Å². The van der Waals surface area contributed by atoms with Crippen LogP contribution in [0.1, 0.15) is 35.2 Å². The Kier molecular flexibility index (Phi) is 5.47. The molecule has 126 valence electrons. The summed E-state index contributed by atoms with van der Waals surface area (Å²) in [5.41, 5.74) is 1.38. The molecule has 0 unspecified atom stereocenters. The fourth-order valence-corrected chi connectivity index (χ4v) is 2.98. The molecule has 0 saturated carbocycles. The second-order valence-corrected chi connectivity index (χ2v) is 5.84. The molecule has 1 saturated heterocycles. The van der Waals surface area contributed by atoms with Crippen LogP contribution in [0.25, 0.3) is 0 Å². The summed E-state index contributed by atoms with van der Waals surface area (Å²) in [6, 6.07) is 3.45. The quantitative estimate of drug-likeness (QED) is 0.901. The molecule has 0 radical (unpaired) electrons. The molecule has 1 aliphatic heterocycles. The number of hydrogen-bond donors (Lipinski definition) is 1. The molecule has 0 atom stereocenters. The molecule has 1 amide bonds. The molecule has 1 heterocycles. The Balaban J connectivity index is 2.11. The smallest absolute Gasteiger partial charge is 0.303 e. The number of hydrogen-bond acceptors (Lipinski definition) is 4. The third-order valence-corrected chi connectivity index (χ3v) is 4.36. The van der Waals surface area contributed by atoms with Gasteiger partial charge in [-0.2, -0.15) is 0 Å². The summed E-state index contributed by atoms with van der Waals surface area (Å²) < 4.78 is 10.6. The Bertz CT molecular complexity index is 566. The molecule has 23 heavy (non-hydrogen) atoms. The van der Waals surface area contributed by atoms with Gasteiger partial charge in [0.1, 0.15) is 11.5 Å². The molecular weight excluding hydrogens is 298 g/mol. The van der Waals surface area contributed by atoms with Crippen LogP contribution in [0.2, 0.25) is 0 Å². The third kappa shape index (κ3) is 3.94. The molecule has 0 spiro atoms. The van der Waals surface area contributed by atoms with E-state index in [-0.39, 0.29) is 18.2 Å². The van der Waals surface area contributed by atoms with Crippen LogP contribution in [0, 0.1) is 12.8 Å². The van der Waals surface area contributed by atoms with Crippen molar-refractivity contribution < 1.29 is 24.2 Å². The maximum Gasteiger partial charge on any atom is 0.303 e. The van der Waals surface area contributed by atoms with Crippen LogP contribution in [-0.2, 0) is 4.79 Å². The van der Waals surface area contributed by atoms with E-state index in [0.717, 1.165) is 18.4 Å². The minimum absolute atomic E-state index is 0.0737. The zero-order valence-electron chi connectivity index (χ0n) is 13.8. The van der Waals surface area contributed by atoms with Gasteiger partial charge >= 0.3 is 5.97 Å². The molecule has 6 heteroatoms.